The van der Waals surface area contributed by atoms with Crippen molar-refractivity contribution in [2.75, 3.05) is 0 Å². The number of benzene rings is 2. The summed E-state index contributed by atoms with van der Waals surface area (Å²) in [5, 5.41) is 0. The van der Waals surface area contributed by atoms with Crippen LogP contribution in [0.25, 0.3) is 0 Å². The quantitative estimate of drug-likeness (QED) is 0.0358. The Morgan fingerprint density at radius 2 is 0.449 bits per heavy atom. The first-order chi connectivity index (χ1) is 38.2. The first-order valence-corrected chi connectivity index (χ1v) is 35.5. The maximum atomic E-state index is 5.43. The molecule has 0 aliphatic carbocycles. The molecule has 0 saturated carbocycles. The largest absolute Gasteiger partial charge is 0.252 e. The van der Waals surface area contributed by atoms with Gasteiger partial charge in [-0.25, -0.2) is 0 Å². The Bertz CT molecular complexity index is 1580. The molecule has 0 bridgehead atoms. The van der Waals surface area contributed by atoms with Crippen molar-refractivity contribution < 1.29 is 20.4 Å². The zero-order valence-electron chi connectivity index (χ0n) is 53.1. The fraction of sp³-hybridized carbons (Fsp3) is 0.813. The maximum absolute atomic E-state index is 5.43. The van der Waals surface area contributed by atoms with Gasteiger partial charge in [-0.15, -0.1) is 0 Å². The molecule has 0 amide bonds. The van der Waals surface area contributed by atoms with E-state index in [1.165, 1.54) is 356 Å². The van der Waals surface area contributed by atoms with Gasteiger partial charge in [0.05, 0.1) is 22.8 Å². The summed E-state index contributed by atoms with van der Waals surface area (Å²) in [7, 11) is 0. The topological polar surface area (TPSA) is 24.7 Å². The molecular formula is C75H134N2Pd. The minimum absolute atomic E-state index is 0. The third kappa shape index (κ3) is 48.0. The molecule has 454 valence electrons. The zero-order valence-corrected chi connectivity index (χ0v) is 54.7. The average molecular weight is 1170 g/mol. The molecule has 0 spiro atoms. The Labute approximate surface area is 503 Å². The molecule has 0 N–H and O–H groups in total. The van der Waals surface area contributed by atoms with E-state index in [2.05, 4.69) is 76.2 Å². The molecule has 0 aliphatic rings. The van der Waals surface area contributed by atoms with Gasteiger partial charge in [0.1, 0.15) is 0 Å². The van der Waals surface area contributed by atoms with Gasteiger partial charge in [0.2, 0.25) is 0 Å². The third-order valence-corrected chi connectivity index (χ3v) is 17.1. The minimum Gasteiger partial charge on any atom is -0.252 e. The van der Waals surface area contributed by atoms with Crippen molar-refractivity contribution in [2.45, 2.75) is 394 Å². The van der Waals surface area contributed by atoms with Crippen LogP contribution in [0.2, 0.25) is 0 Å². The van der Waals surface area contributed by atoms with Crippen molar-refractivity contribution >= 4 is 22.8 Å². The monoisotopic (exact) mass is 1170 g/mol. The van der Waals surface area contributed by atoms with Crippen molar-refractivity contribution in [2.24, 2.45) is 9.98 Å². The number of aryl methyl sites for hydroxylation is 2. The second-order valence-electron chi connectivity index (χ2n) is 24.8. The number of aliphatic imine (C=N–C) groups is 2. The SMILES string of the molecule is CCCCCCCCCCCCCCCCCCCCCCCCCCc1cccc(N=C(CCCC)C(CCCCC)=Nc2cccc(CCCCCCCCCCCCCCCCCCCCCCCCCC)c2)c1.[Pd]. The number of hydrogen-bond donors (Lipinski definition) is 0. The van der Waals surface area contributed by atoms with E-state index in [4.69, 9.17) is 9.98 Å². The van der Waals surface area contributed by atoms with E-state index in [1.54, 1.807) is 0 Å². The van der Waals surface area contributed by atoms with Gasteiger partial charge in [-0.2, -0.15) is 0 Å². The second kappa shape index (κ2) is 60.0. The molecule has 0 radical (unpaired) electrons. The van der Waals surface area contributed by atoms with Crippen LogP contribution in [0, 0.1) is 0 Å². The molecule has 0 atom stereocenters. The van der Waals surface area contributed by atoms with Gasteiger partial charge in [-0.1, -0.05) is 367 Å². The van der Waals surface area contributed by atoms with Crippen LogP contribution in [0.5, 0.6) is 0 Å². The first kappa shape index (κ1) is 74.5. The molecule has 0 aromatic heterocycles. The van der Waals surface area contributed by atoms with Crippen LogP contribution in [-0.2, 0) is 33.3 Å². The average Bonchev–Trinajstić information content (AvgIpc) is 3.44. The van der Waals surface area contributed by atoms with Gasteiger partial charge in [-0.3, -0.25) is 9.98 Å². The molecular weight excluding hydrogens is 1040 g/mol. The Kier molecular flexibility index (Phi) is 57.3. The Hall–Kier alpha value is -1.56. The van der Waals surface area contributed by atoms with Gasteiger partial charge in [-0.05, 0) is 86.8 Å². The molecule has 0 fully saturated rings. The van der Waals surface area contributed by atoms with Crippen molar-refractivity contribution in [1.82, 2.24) is 0 Å². The standard InChI is InChI=1S/C75H134N2.Pd/c1-5-9-13-15-17-19-21-23-25-27-29-31-33-35-37-39-41-43-45-47-49-51-53-56-60-70-62-58-64-72(68-70)76-74(66-12-8-4)75(67-55-11-7-3)77-73-65-59-63-71(69-73)61-57-54-52-50-48-46-44-42-40-38-36-34-32-30-28-26-24-22-20-18-16-14-10-6-2;/h58-59,62-65,68-69H,5-57,60-61,66-67H2,1-4H3;. The second-order valence-corrected chi connectivity index (χ2v) is 24.8. The molecule has 2 rings (SSSR count). The summed E-state index contributed by atoms with van der Waals surface area (Å²) in [5.41, 5.74) is 7.55. The van der Waals surface area contributed by atoms with Gasteiger partial charge in [0.15, 0.2) is 0 Å². The summed E-state index contributed by atoms with van der Waals surface area (Å²) < 4.78 is 0. The summed E-state index contributed by atoms with van der Waals surface area (Å²) in [4.78, 5) is 10.9. The molecule has 2 nitrogen and oxygen atoms in total. The summed E-state index contributed by atoms with van der Waals surface area (Å²) >= 11 is 0. The Morgan fingerprint density at radius 1 is 0.244 bits per heavy atom. The van der Waals surface area contributed by atoms with Gasteiger partial charge in [0.25, 0.3) is 0 Å². The maximum Gasteiger partial charge on any atom is 0.0636 e. The number of hydrogen-bond acceptors (Lipinski definition) is 2. The predicted molar refractivity (Wildman–Crippen MR) is 351 cm³/mol. The first-order valence-electron chi connectivity index (χ1n) is 35.5. The van der Waals surface area contributed by atoms with Gasteiger partial charge in [0, 0.05) is 20.4 Å². The molecule has 2 aromatic carbocycles. The van der Waals surface area contributed by atoms with Crippen LogP contribution in [-0.4, -0.2) is 11.4 Å². The number of unbranched alkanes of at least 4 members (excludes halogenated alkanes) is 49. The molecule has 2 aromatic rings. The van der Waals surface area contributed by atoms with Crippen LogP contribution in [0.3, 0.4) is 0 Å². The van der Waals surface area contributed by atoms with E-state index in [0.717, 1.165) is 43.5 Å². The number of nitrogens with zero attached hydrogens (tertiary/aromatic N) is 2. The Morgan fingerprint density at radius 3 is 0.692 bits per heavy atom. The van der Waals surface area contributed by atoms with Crippen LogP contribution in [0.1, 0.15) is 392 Å². The molecule has 0 aliphatic heterocycles. The Balaban J connectivity index is 0.0000304. The third-order valence-electron chi connectivity index (χ3n) is 17.1. The predicted octanol–water partition coefficient (Wildman–Crippen LogP) is 27.1. The molecule has 0 unspecified atom stereocenters. The van der Waals surface area contributed by atoms with Crippen molar-refractivity contribution in [3.8, 4) is 0 Å². The van der Waals surface area contributed by atoms with Crippen LogP contribution in [0.15, 0.2) is 58.5 Å². The van der Waals surface area contributed by atoms with Crippen LogP contribution >= 0.6 is 0 Å². The van der Waals surface area contributed by atoms with Crippen molar-refractivity contribution in [3.05, 3.63) is 59.7 Å². The zero-order chi connectivity index (χ0) is 54.8. The van der Waals surface area contributed by atoms with E-state index in [1.807, 2.05) is 0 Å². The van der Waals surface area contributed by atoms with Crippen LogP contribution in [0.4, 0.5) is 11.4 Å². The summed E-state index contributed by atoms with van der Waals surface area (Å²) in [5.74, 6) is 0. The van der Waals surface area contributed by atoms with E-state index >= 15 is 0 Å². The van der Waals surface area contributed by atoms with Gasteiger partial charge < -0.3 is 0 Å². The molecule has 78 heavy (non-hydrogen) atoms. The van der Waals surface area contributed by atoms with E-state index in [0.29, 0.717) is 0 Å². The normalized spacial score (nSPS) is 12.0. The smallest absolute Gasteiger partial charge is 0.0636 e. The van der Waals surface area contributed by atoms with Gasteiger partial charge >= 0.3 is 0 Å². The van der Waals surface area contributed by atoms with Crippen molar-refractivity contribution in [3.63, 3.8) is 0 Å². The van der Waals surface area contributed by atoms with E-state index in [9.17, 15) is 0 Å². The summed E-state index contributed by atoms with van der Waals surface area (Å²) in [6.45, 7) is 9.24. The number of rotatable bonds is 60. The summed E-state index contributed by atoms with van der Waals surface area (Å²) in [6.07, 6.45) is 79.5. The minimum atomic E-state index is 0. The fourth-order valence-corrected chi connectivity index (χ4v) is 11.9. The van der Waals surface area contributed by atoms with E-state index in [-0.39, 0.29) is 20.4 Å². The fourth-order valence-electron chi connectivity index (χ4n) is 11.9. The molecule has 0 heterocycles. The van der Waals surface area contributed by atoms with Crippen LogP contribution < -0.4 is 0 Å². The van der Waals surface area contributed by atoms with E-state index < -0.39 is 0 Å². The summed E-state index contributed by atoms with van der Waals surface area (Å²) in [6, 6.07) is 18.3. The van der Waals surface area contributed by atoms with Crippen molar-refractivity contribution in [1.29, 1.82) is 0 Å². The molecule has 3 heteroatoms. The molecule has 0 saturated heterocycles.